The number of amides is 1. The van der Waals surface area contributed by atoms with Crippen LogP contribution in [0.3, 0.4) is 0 Å². The van der Waals surface area contributed by atoms with Crippen molar-refractivity contribution in [3.8, 4) is 6.07 Å². The average molecular weight is 234 g/mol. The van der Waals surface area contributed by atoms with Gasteiger partial charge in [0.25, 0.3) is 5.91 Å². The molecule has 16 heavy (non-hydrogen) atoms. The number of carbonyl (C=O) groups is 1. The molecular formula is C12H14N2OS. The first-order valence-electron chi connectivity index (χ1n) is 5.53. The molecule has 0 spiro atoms. The first-order valence-corrected chi connectivity index (χ1v) is 6.41. The van der Waals surface area contributed by atoms with E-state index < -0.39 is 0 Å². The molecule has 0 aliphatic heterocycles. The highest BCUT2D eigenvalue weighted by Crippen LogP contribution is 2.32. The van der Waals surface area contributed by atoms with Crippen molar-refractivity contribution in [2.24, 2.45) is 5.92 Å². The van der Waals surface area contributed by atoms with Crippen LogP contribution in [0.5, 0.6) is 0 Å². The maximum absolute atomic E-state index is 11.9. The summed E-state index contributed by atoms with van der Waals surface area (Å²) in [6.07, 6.45) is 2.97. The lowest BCUT2D eigenvalue weighted by atomic mass is 10.1. The molecule has 1 aliphatic rings. The van der Waals surface area contributed by atoms with Crippen LogP contribution in [0, 0.1) is 17.2 Å². The van der Waals surface area contributed by atoms with E-state index in [0.29, 0.717) is 5.92 Å². The highest BCUT2D eigenvalue weighted by molar-refractivity contribution is 7.12. The zero-order chi connectivity index (χ0) is 11.5. The van der Waals surface area contributed by atoms with Crippen LogP contribution < -0.4 is 5.32 Å². The van der Waals surface area contributed by atoms with Crippen LogP contribution in [0.2, 0.25) is 0 Å². The van der Waals surface area contributed by atoms with E-state index in [2.05, 4.69) is 11.4 Å². The minimum atomic E-state index is -0.306. The van der Waals surface area contributed by atoms with Gasteiger partial charge in [0.05, 0.1) is 10.9 Å². The second-order valence-electron chi connectivity index (χ2n) is 4.05. The summed E-state index contributed by atoms with van der Waals surface area (Å²) in [4.78, 5) is 12.7. The molecule has 1 amide bonds. The fraction of sp³-hybridized carbons (Fsp3) is 0.500. The van der Waals surface area contributed by atoms with Crippen molar-refractivity contribution in [3.63, 3.8) is 0 Å². The van der Waals surface area contributed by atoms with E-state index in [-0.39, 0.29) is 11.9 Å². The number of nitrogens with zero attached hydrogens (tertiary/aromatic N) is 1. The van der Waals surface area contributed by atoms with E-state index in [1.165, 1.54) is 11.3 Å². The van der Waals surface area contributed by atoms with Crippen LogP contribution in [0.25, 0.3) is 0 Å². The van der Waals surface area contributed by atoms with Crippen molar-refractivity contribution in [3.05, 3.63) is 21.9 Å². The third-order valence-electron chi connectivity index (χ3n) is 2.85. The Labute approximate surface area is 99.1 Å². The molecule has 3 nitrogen and oxygen atoms in total. The van der Waals surface area contributed by atoms with Crippen molar-refractivity contribution in [2.45, 2.75) is 32.2 Å². The molecule has 1 atom stereocenters. The predicted molar refractivity (Wildman–Crippen MR) is 63.3 cm³/mol. The first-order chi connectivity index (χ1) is 7.76. The second-order valence-corrected chi connectivity index (χ2v) is 4.96. The summed E-state index contributed by atoms with van der Waals surface area (Å²) in [5.74, 6) is 0.282. The third kappa shape index (κ3) is 2.25. The van der Waals surface area contributed by atoms with E-state index in [4.69, 9.17) is 5.26 Å². The standard InChI is InChI=1S/C12H14N2OS/c1-2-8-5-6-16-11(8)12(15)14-10(7-13)9-3-4-9/h5-6,9-10H,2-4H2,1H3,(H,14,15). The normalized spacial score (nSPS) is 16.5. The summed E-state index contributed by atoms with van der Waals surface area (Å²) >= 11 is 1.45. The Morgan fingerprint density at radius 3 is 3.06 bits per heavy atom. The van der Waals surface area contributed by atoms with Crippen LogP contribution in [0.1, 0.15) is 35.0 Å². The predicted octanol–water partition coefficient (Wildman–Crippen LogP) is 2.34. The number of rotatable bonds is 4. The van der Waals surface area contributed by atoms with Gasteiger partial charge < -0.3 is 5.32 Å². The smallest absolute Gasteiger partial charge is 0.262 e. The Hall–Kier alpha value is -1.34. The molecule has 1 aliphatic carbocycles. The van der Waals surface area contributed by atoms with Gasteiger partial charge in [-0.05, 0) is 42.2 Å². The summed E-state index contributed by atoms with van der Waals surface area (Å²) in [6.45, 7) is 2.03. The van der Waals surface area contributed by atoms with Gasteiger partial charge in [-0.3, -0.25) is 4.79 Å². The number of nitriles is 1. The summed E-state index contributed by atoms with van der Waals surface area (Å²) in [5.41, 5.74) is 1.06. The van der Waals surface area contributed by atoms with Crippen LogP contribution in [-0.2, 0) is 6.42 Å². The van der Waals surface area contributed by atoms with E-state index in [9.17, 15) is 4.79 Å². The number of thiophene rings is 1. The maximum atomic E-state index is 11.9. The topological polar surface area (TPSA) is 52.9 Å². The number of aryl methyl sites for hydroxylation is 1. The molecule has 1 saturated carbocycles. The number of hydrogen-bond acceptors (Lipinski definition) is 3. The zero-order valence-electron chi connectivity index (χ0n) is 9.19. The van der Waals surface area contributed by atoms with Gasteiger partial charge >= 0.3 is 0 Å². The van der Waals surface area contributed by atoms with E-state index in [1.807, 2.05) is 18.4 Å². The Kier molecular flexibility index (Phi) is 3.25. The van der Waals surface area contributed by atoms with E-state index >= 15 is 0 Å². The molecule has 2 rings (SSSR count). The highest BCUT2D eigenvalue weighted by Gasteiger charge is 2.32. The van der Waals surface area contributed by atoms with E-state index in [0.717, 1.165) is 29.7 Å². The van der Waals surface area contributed by atoms with Crippen LogP contribution in [-0.4, -0.2) is 11.9 Å². The molecule has 1 unspecified atom stereocenters. The quantitative estimate of drug-likeness (QED) is 0.869. The Balaban J connectivity index is 2.05. The number of hydrogen-bond donors (Lipinski definition) is 1. The fourth-order valence-corrected chi connectivity index (χ4v) is 2.60. The van der Waals surface area contributed by atoms with Gasteiger partial charge in [0.2, 0.25) is 0 Å². The lowest BCUT2D eigenvalue weighted by Gasteiger charge is -2.10. The van der Waals surface area contributed by atoms with Crippen LogP contribution in [0.4, 0.5) is 0 Å². The molecule has 1 N–H and O–H groups in total. The minimum absolute atomic E-state index is 0.0923. The minimum Gasteiger partial charge on any atom is -0.335 e. The fourth-order valence-electron chi connectivity index (χ4n) is 1.71. The van der Waals surface area contributed by atoms with Gasteiger partial charge in [-0.15, -0.1) is 11.3 Å². The van der Waals surface area contributed by atoms with Crippen molar-refractivity contribution in [2.75, 3.05) is 0 Å². The monoisotopic (exact) mass is 234 g/mol. The van der Waals surface area contributed by atoms with Crippen molar-refractivity contribution >= 4 is 17.2 Å². The molecule has 1 heterocycles. The number of nitrogens with one attached hydrogen (secondary N) is 1. The van der Waals surface area contributed by atoms with Crippen LogP contribution >= 0.6 is 11.3 Å². The summed E-state index contributed by atoms with van der Waals surface area (Å²) < 4.78 is 0. The van der Waals surface area contributed by atoms with Crippen molar-refractivity contribution < 1.29 is 4.79 Å². The van der Waals surface area contributed by atoms with E-state index in [1.54, 1.807) is 0 Å². The zero-order valence-corrected chi connectivity index (χ0v) is 10.0. The molecule has 0 bridgehead atoms. The lowest BCUT2D eigenvalue weighted by molar-refractivity contribution is 0.0945. The molecule has 1 fully saturated rings. The van der Waals surface area contributed by atoms with Gasteiger partial charge in [0.15, 0.2) is 0 Å². The molecule has 0 saturated heterocycles. The third-order valence-corrected chi connectivity index (χ3v) is 3.81. The molecule has 0 radical (unpaired) electrons. The van der Waals surface area contributed by atoms with Crippen molar-refractivity contribution in [1.29, 1.82) is 5.26 Å². The molecule has 84 valence electrons. The molecule has 4 heteroatoms. The maximum Gasteiger partial charge on any atom is 0.262 e. The molecule has 0 aromatic carbocycles. The average Bonchev–Trinajstić information content (AvgIpc) is 3.02. The lowest BCUT2D eigenvalue weighted by Crippen LogP contribution is -2.35. The van der Waals surface area contributed by atoms with Gasteiger partial charge in [0, 0.05) is 0 Å². The Bertz CT molecular complexity index is 428. The molecular weight excluding hydrogens is 220 g/mol. The molecule has 1 aromatic rings. The van der Waals surface area contributed by atoms with Gasteiger partial charge in [-0.1, -0.05) is 6.92 Å². The van der Waals surface area contributed by atoms with Crippen molar-refractivity contribution in [1.82, 2.24) is 5.32 Å². The van der Waals surface area contributed by atoms with Gasteiger partial charge in [0.1, 0.15) is 6.04 Å². The number of carbonyl (C=O) groups excluding carboxylic acids is 1. The first kappa shape index (κ1) is 11.2. The van der Waals surface area contributed by atoms with Gasteiger partial charge in [-0.25, -0.2) is 0 Å². The molecule has 1 aromatic heterocycles. The Morgan fingerprint density at radius 1 is 1.75 bits per heavy atom. The highest BCUT2D eigenvalue weighted by atomic mass is 32.1. The summed E-state index contributed by atoms with van der Waals surface area (Å²) in [5, 5.41) is 13.7. The van der Waals surface area contributed by atoms with Crippen LogP contribution in [0.15, 0.2) is 11.4 Å². The Morgan fingerprint density at radius 2 is 2.50 bits per heavy atom. The summed E-state index contributed by atoms with van der Waals surface area (Å²) in [7, 11) is 0. The SMILES string of the molecule is CCc1ccsc1C(=O)NC(C#N)C1CC1. The van der Waals surface area contributed by atoms with Gasteiger partial charge in [-0.2, -0.15) is 5.26 Å². The largest absolute Gasteiger partial charge is 0.335 e. The summed E-state index contributed by atoms with van der Waals surface area (Å²) in [6, 6.07) is 3.83. The second kappa shape index (κ2) is 4.67.